The Kier molecular flexibility index (Phi) is 15.1. The van der Waals surface area contributed by atoms with Gasteiger partial charge in [0.05, 0.1) is 12.2 Å². The number of alkyl halides is 9. The number of carboxylic acid groups (broad SMARTS) is 3. The molecule has 4 heterocycles. The molecule has 0 unspecified atom stereocenters. The highest BCUT2D eigenvalue weighted by Gasteiger charge is 2.39. The Labute approximate surface area is 258 Å². The minimum absolute atomic E-state index is 0.0537. The number of fused-ring (bicyclic) bond motifs is 1. The molecule has 1 amide bonds. The summed E-state index contributed by atoms with van der Waals surface area (Å²) in [5.41, 5.74) is 3.58. The maximum atomic E-state index is 12.9. The number of pyridine rings is 1. The van der Waals surface area contributed by atoms with Crippen LogP contribution >= 0.6 is 0 Å². The zero-order chi connectivity index (χ0) is 36.2. The van der Waals surface area contributed by atoms with Crippen molar-refractivity contribution < 1.29 is 78.7 Å². The summed E-state index contributed by atoms with van der Waals surface area (Å²) in [5.74, 6) is -8.32. The number of ether oxygens (including phenoxy) is 1. The Balaban J connectivity index is 0.000000430. The first kappa shape index (κ1) is 40.6. The lowest BCUT2D eigenvalue weighted by atomic mass is 9.99. The molecule has 2 aliphatic rings. The minimum Gasteiger partial charge on any atom is -0.475 e. The van der Waals surface area contributed by atoms with E-state index >= 15 is 0 Å². The number of halogens is 9. The predicted octanol–water partition coefficient (Wildman–Crippen LogP) is 3.51. The fourth-order valence-electron chi connectivity index (χ4n) is 3.84. The maximum absolute atomic E-state index is 12.9. The molecule has 1 saturated heterocycles. The van der Waals surface area contributed by atoms with E-state index in [-0.39, 0.29) is 5.91 Å². The first-order valence-electron chi connectivity index (χ1n) is 13.0. The van der Waals surface area contributed by atoms with Crippen LogP contribution in [0, 0.1) is 0 Å². The van der Waals surface area contributed by atoms with Gasteiger partial charge < -0.3 is 25.0 Å². The number of carboxylic acids is 3. The zero-order valence-corrected chi connectivity index (χ0v) is 24.1. The van der Waals surface area contributed by atoms with Crippen LogP contribution in [0.5, 0.6) is 0 Å². The number of amides is 1. The van der Waals surface area contributed by atoms with Crippen LogP contribution < -0.4 is 0 Å². The van der Waals surface area contributed by atoms with Crippen molar-refractivity contribution in [2.75, 3.05) is 26.8 Å². The van der Waals surface area contributed by atoms with Crippen LogP contribution in [0.25, 0.3) is 0 Å². The predicted molar refractivity (Wildman–Crippen MR) is 138 cm³/mol. The third kappa shape index (κ3) is 14.2. The lowest BCUT2D eigenvalue weighted by molar-refractivity contribution is -0.193. The Morgan fingerprint density at radius 2 is 1.40 bits per heavy atom. The molecule has 264 valence electrons. The molecule has 0 radical (unpaired) electrons. The van der Waals surface area contributed by atoms with Crippen molar-refractivity contribution in [1.29, 1.82) is 0 Å². The first-order chi connectivity index (χ1) is 21.6. The number of aromatic nitrogens is 3. The number of rotatable bonds is 4. The van der Waals surface area contributed by atoms with Crippen LogP contribution in [0.2, 0.25) is 0 Å². The lowest BCUT2D eigenvalue weighted by Gasteiger charge is -2.36. The van der Waals surface area contributed by atoms with E-state index in [4.69, 9.17) is 34.4 Å². The summed E-state index contributed by atoms with van der Waals surface area (Å²) < 4.78 is 101. The summed E-state index contributed by atoms with van der Waals surface area (Å²) in [7, 11) is 1.80. The Morgan fingerprint density at radius 3 is 1.83 bits per heavy atom. The molecule has 0 saturated carbocycles. The smallest absolute Gasteiger partial charge is 0.475 e. The summed E-state index contributed by atoms with van der Waals surface area (Å²) >= 11 is 0. The molecule has 0 bridgehead atoms. The molecular formula is C25H28F9N5O8. The zero-order valence-electron chi connectivity index (χ0n) is 24.1. The average molecular weight is 698 g/mol. The highest BCUT2D eigenvalue weighted by atomic mass is 19.4. The van der Waals surface area contributed by atoms with Crippen molar-refractivity contribution in [2.24, 2.45) is 0 Å². The number of aliphatic carboxylic acids is 3. The number of nitrogens with zero attached hydrogens (tertiary/aromatic N) is 4. The van der Waals surface area contributed by atoms with Gasteiger partial charge in [-0.3, -0.25) is 19.8 Å². The van der Waals surface area contributed by atoms with Gasteiger partial charge in [0.2, 0.25) is 0 Å². The normalized spacial score (nSPS) is 15.3. The molecule has 0 spiro atoms. The summed E-state index contributed by atoms with van der Waals surface area (Å²) in [4.78, 5) is 48.1. The minimum atomic E-state index is -5.08. The van der Waals surface area contributed by atoms with Gasteiger partial charge in [0.1, 0.15) is 0 Å². The maximum Gasteiger partial charge on any atom is 0.490 e. The number of aromatic amines is 1. The third-order valence-electron chi connectivity index (χ3n) is 6.07. The molecule has 22 heteroatoms. The second kappa shape index (κ2) is 17.4. The van der Waals surface area contributed by atoms with Gasteiger partial charge >= 0.3 is 36.4 Å². The topological polar surface area (TPSA) is 186 Å². The number of carbonyl (C=O) groups excluding carboxylic acids is 1. The van der Waals surface area contributed by atoms with Gasteiger partial charge in [0.25, 0.3) is 5.91 Å². The van der Waals surface area contributed by atoms with Crippen LogP contribution in [0.4, 0.5) is 39.5 Å². The van der Waals surface area contributed by atoms with Gasteiger partial charge in [-0.05, 0) is 25.0 Å². The van der Waals surface area contributed by atoms with E-state index < -0.39 is 36.4 Å². The van der Waals surface area contributed by atoms with Crippen LogP contribution in [0.3, 0.4) is 0 Å². The van der Waals surface area contributed by atoms with Crippen molar-refractivity contribution in [3.05, 3.63) is 47.0 Å². The molecule has 13 nitrogen and oxygen atoms in total. The van der Waals surface area contributed by atoms with Gasteiger partial charge in [-0.2, -0.15) is 44.6 Å². The Morgan fingerprint density at radius 1 is 0.915 bits per heavy atom. The van der Waals surface area contributed by atoms with Crippen LogP contribution in [0.15, 0.2) is 24.4 Å². The first-order valence-corrected chi connectivity index (χ1v) is 13.0. The van der Waals surface area contributed by atoms with Crippen LogP contribution in [-0.4, -0.2) is 115 Å². The number of hydrogen-bond acceptors (Lipinski definition) is 8. The van der Waals surface area contributed by atoms with Gasteiger partial charge in [-0.15, -0.1) is 0 Å². The molecule has 2 aliphatic heterocycles. The van der Waals surface area contributed by atoms with E-state index in [2.05, 4.69) is 20.1 Å². The molecule has 0 aliphatic carbocycles. The van der Waals surface area contributed by atoms with Gasteiger partial charge in [0.15, 0.2) is 5.69 Å². The van der Waals surface area contributed by atoms with Crippen molar-refractivity contribution >= 4 is 23.8 Å². The molecule has 4 rings (SSSR count). The monoisotopic (exact) mass is 697 g/mol. The third-order valence-corrected chi connectivity index (χ3v) is 6.07. The molecule has 1 fully saturated rings. The van der Waals surface area contributed by atoms with Crippen LogP contribution in [-0.2, 0) is 38.6 Å². The fourth-order valence-corrected chi connectivity index (χ4v) is 3.84. The Hall–Kier alpha value is -4.47. The summed E-state index contributed by atoms with van der Waals surface area (Å²) in [6.45, 7) is 3.94. The summed E-state index contributed by atoms with van der Waals surface area (Å²) in [5, 5.41) is 28.8. The van der Waals surface area contributed by atoms with Crippen molar-refractivity contribution in [3.8, 4) is 0 Å². The van der Waals surface area contributed by atoms with E-state index in [9.17, 15) is 44.3 Å². The summed E-state index contributed by atoms with van der Waals surface area (Å²) in [6, 6.07) is 6.28. The van der Waals surface area contributed by atoms with E-state index in [1.807, 2.05) is 18.2 Å². The second-order valence-corrected chi connectivity index (χ2v) is 9.48. The highest BCUT2D eigenvalue weighted by molar-refractivity contribution is 5.93. The molecule has 47 heavy (non-hydrogen) atoms. The quantitative estimate of drug-likeness (QED) is 0.343. The number of H-pyrrole nitrogens is 1. The van der Waals surface area contributed by atoms with Crippen LogP contribution in [0.1, 0.15) is 40.3 Å². The SMILES string of the molecule is CN(Cc1ccccn1)C(=O)c1n[nH]c2c1CN(C1CCOCC1)CC2.O=C(O)C(F)(F)F.O=C(O)C(F)(F)F.O=C(O)C(F)(F)F. The largest absolute Gasteiger partial charge is 0.490 e. The average Bonchev–Trinajstić information content (AvgIpc) is 3.40. The van der Waals surface area contributed by atoms with Crippen molar-refractivity contribution in [1.82, 2.24) is 25.0 Å². The van der Waals surface area contributed by atoms with Gasteiger partial charge in [0, 0.05) is 63.3 Å². The molecule has 0 aromatic carbocycles. The fraction of sp³-hybridized carbons (Fsp3) is 0.520. The van der Waals surface area contributed by atoms with E-state index in [1.54, 1.807) is 18.1 Å². The standard InChI is InChI=1S/C19H25N5O2.3C2HF3O2/c1-23(12-14-4-2-3-8-20-14)19(25)18-16-13-24(9-5-17(16)21-22-18)15-6-10-26-11-7-15;3*3-2(4,5)1(6)7/h2-4,8,15H,5-7,9-13H2,1H3,(H,21,22);3*(H,6,7). The number of hydrogen-bond donors (Lipinski definition) is 4. The Bertz CT molecular complexity index is 1270. The molecular weight excluding hydrogens is 669 g/mol. The van der Waals surface area contributed by atoms with Crippen molar-refractivity contribution in [2.45, 2.75) is 56.9 Å². The van der Waals surface area contributed by atoms with Gasteiger partial charge in [-0.1, -0.05) is 6.07 Å². The van der Waals surface area contributed by atoms with Crippen molar-refractivity contribution in [3.63, 3.8) is 0 Å². The summed E-state index contributed by atoms with van der Waals surface area (Å²) in [6.07, 6.45) is -10.5. The number of carbonyl (C=O) groups is 4. The highest BCUT2D eigenvalue weighted by Crippen LogP contribution is 2.26. The molecule has 2 aromatic rings. The van der Waals surface area contributed by atoms with E-state index in [1.165, 1.54) is 0 Å². The number of nitrogens with one attached hydrogen (secondary N) is 1. The van der Waals surface area contributed by atoms with Gasteiger partial charge in [-0.25, -0.2) is 14.4 Å². The molecule has 4 N–H and O–H groups in total. The van der Waals surface area contributed by atoms with E-state index in [0.29, 0.717) is 18.3 Å². The van der Waals surface area contributed by atoms with E-state index in [0.717, 1.165) is 62.5 Å². The molecule has 0 atom stereocenters. The molecule has 2 aromatic heterocycles. The lowest BCUT2D eigenvalue weighted by Crippen LogP contribution is -2.42. The second-order valence-electron chi connectivity index (χ2n) is 9.48.